The van der Waals surface area contributed by atoms with Crippen LogP contribution < -0.4 is 9.46 Å². The molecule has 2 N–H and O–H groups in total. The summed E-state index contributed by atoms with van der Waals surface area (Å²) < 4.78 is 39.5. The van der Waals surface area contributed by atoms with E-state index < -0.39 is 22.0 Å². The molecule has 0 aliphatic carbocycles. The molecular formula is C33H28N2O5S. The molecule has 0 aliphatic heterocycles. The Morgan fingerprint density at radius 3 is 2.17 bits per heavy atom. The molecule has 5 aromatic rings. The van der Waals surface area contributed by atoms with E-state index in [2.05, 4.69) is 21.5 Å². The smallest absolute Gasteiger partial charge is 0.324 e. The summed E-state index contributed by atoms with van der Waals surface area (Å²) in [4.78, 5) is 15.7. The van der Waals surface area contributed by atoms with Gasteiger partial charge in [-0.15, -0.1) is 0 Å². The molecule has 5 rings (SSSR count). The lowest BCUT2D eigenvalue weighted by molar-refractivity contribution is -0.142. The van der Waals surface area contributed by atoms with Gasteiger partial charge in [0, 0.05) is 34.6 Å². The summed E-state index contributed by atoms with van der Waals surface area (Å²) in [6.07, 6.45) is 1.91. The lowest BCUT2D eigenvalue weighted by Crippen LogP contribution is -2.42. The fourth-order valence-corrected chi connectivity index (χ4v) is 5.51. The minimum absolute atomic E-state index is 0.0239. The normalized spacial score (nSPS) is 11.8. The van der Waals surface area contributed by atoms with Crippen molar-refractivity contribution in [3.05, 3.63) is 132 Å². The molecule has 0 saturated carbocycles. The third kappa shape index (κ3) is 7.03. The Morgan fingerprint density at radius 2 is 1.49 bits per heavy atom. The summed E-state index contributed by atoms with van der Waals surface area (Å²) in [5.74, 6) is 6.21. The zero-order valence-corrected chi connectivity index (χ0v) is 23.1. The molecule has 41 heavy (non-hydrogen) atoms. The third-order valence-electron chi connectivity index (χ3n) is 6.50. The van der Waals surface area contributed by atoms with Crippen LogP contribution in [0.5, 0.6) is 5.75 Å². The molecule has 206 valence electrons. The van der Waals surface area contributed by atoms with Crippen LogP contribution in [-0.4, -0.2) is 32.5 Å². The second-order valence-corrected chi connectivity index (χ2v) is 11.0. The fourth-order valence-electron chi connectivity index (χ4n) is 4.33. The van der Waals surface area contributed by atoms with E-state index in [9.17, 15) is 13.2 Å². The van der Waals surface area contributed by atoms with E-state index >= 15 is 0 Å². The van der Waals surface area contributed by atoms with Gasteiger partial charge in [-0.2, -0.15) is 4.72 Å². The Balaban J connectivity index is 1.23. The molecule has 0 bridgehead atoms. The summed E-state index contributed by atoms with van der Waals surface area (Å²) in [6, 6.07) is 30.1. The van der Waals surface area contributed by atoms with Crippen LogP contribution in [0.1, 0.15) is 22.3 Å². The van der Waals surface area contributed by atoms with Gasteiger partial charge >= 0.3 is 5.97 Å². The van der Waals surface area contributed by atoms with Gasteiger partial charge < -0.3 is 14.5 Å². The molecule has 8 heteroatoms. The predicted octanol–water partition coefficient (Wildman–Crippen LogP) is 5.21. The molecule has 1 atom stereocenters. The zero-order valence-electron chi connectivity index (χ0n) is 22.3. The lowest BCUT2D eigenvalue weighted by atomic mass is 10.1. The molecule has 0 saturated heterocycles. The van der Waals surface area contributed by atoms with Crippen molar-refractivity contribution in [2.24, 2.45) is 0 Å². The van der Waals surface area contributed by atoms with Crippen LogP contribution in [0.3, 0.4) is 0 Å². The van der Waals surface area contributed by atoms with Gasteiger partial charge in [0.15, 0.2) is 0 Å². The first-order chi connectivity index (χ1) is 19.9. The predicted molar refractivity (Wildman–Crippen MR) is 158 cm³/mol. The molecule has 1 aromatic heterocycles. The number of aromatic amines is 1. The summed E-state index contributed by atoms with van der Waals surface area (Å²) in [7, 11) is -2.77. The fraction of sp³-hybridized carbons (Fsp3) is 0.121. The number of H-pyrrole nitrogens is 1. The van der Waals surface area contributed by atoms with Gasteiger partial charge in [-0.05, 0) is 65.7 Å². The van der Waals surface area contributed by atoms with Gasteiger partial charge in [0.05, 0.1) is 12.0 Å². The second-order valence-electron chi connectivity index (χ2n) is 9.33. The van der Waals surface area contributed by atoms with Crippen LogP contribution in [0.25, 0.3) is 10.9 Å². The van der Waals surface area contributed by atoms with Crippen molar-refractivity contribution < 1.29 is 22.7 Å². The Hall–Kier alpha value is -4.84. The molecule has 0 aliphatic rings. The highest BCUT2D eigenvalue weighted by molar-refractivity contribution is 7.89. The Bertz CT molecular complexity index is 1800. The summed E-state index contributed by atoms with van der Waals surface area (Å²) in [5, 5.41) is 0.915. The first-order valence-corrected chi connectivity index (χ1v) is 14.4. The van der Waals surface area contributed by atoms with E-state index in [1.165, 1.54) is 19.2 Å². The van der Waals surface area contributed by atoms with Gasteiger partial charge in [0.1, 0.15) is 18.4 Å². The minimum atomic E-state index is -4.01. The molecule has 0 amide bonds. The van der Waals surface area contributed by atoms with Gasteiger partial charge in [0.25, 0.3) is 0 Å². The van der Waals surface area contributed by atoms with Gasteiger partial charge in [0.2, 0.25) is 10.0 Å². The van der Waals surface area contributed by atoms with Crippen LogP contribution in [0.4, 0.5) is 0 Å². The SMILES string of the molecule is COC(=O)[C@@H](Cc1c[nH]c2ccccc12)NS(=O)(=O)c1ccc(C#Cc2ccc(OCc3ccccc3)cc2)cc1. The molecule has 1 heterocycles. The van der Waals surface area contributed by atoms with Gasteiger partial charge in [-0.25, -0.2) is 8.42 Å². The number of fused-ring (bicyclic) bond motifs is 1. The number of sulfonamides is 1. The van der Waals surface area contributed by atoms with Crippen LogP contribution in [0, 0.1) is 11.8 Å². The number of aromatic nitrogens is 1. The highest BCUT2D eigenvalue weighted by Gasteiger charge is 2.27. The molecule has 0 radical (unpaired) electrons. The largest absolute Gasteiger partial charge is 0.489 e. The van der Waals surface area contributed by atoms with E-state index in [0.29, 0.717) is 12.2 Å². The molecule has 4 aromatic carbocycles. The van der Waals surface area contributed by atoms with E-state index in [-0.39, 0.29) is 11.3 Å². The standard InChI is InChI=1S/C33H28N2O5S/c1-39-33(36)32(21-27-22-34-31-10-6-5-9-30(27)31)35-41(37,38)29-19-15-25(16-20-29)12-11-24-13-17-28(18-14-24)40-23-26-7-3-2-4-8-26/h2-10,13-20,22,32,34-35H,21,23H2,1H3/t32-/m1/s1. The van der Waals surface area contributed by atoms with Gasteiger partial charge in [-0.3, -0.25) is 4.79 Å². The number of benzene rings is 4. The van der Waals surface area contributed by atoms with E-state index in [1.807, 2.05) is 78.9 Å². The van der Waals surface area contributed by atoms with E-state index in [1.54, 1.807) is 18.3 Å². The molecule has 0 fully saturated rings. The Kier molecular flexibility index (Phi) is 8.49. The summed E-state index contributed by atoms with van der Waals surface area (Å²) in [5.41, 5.74) is 4.25. The van der Waals surface area contributed by atoms with Crippen molar-refractivity contribution in [2.75, 3.05) is 7.11 Å². The Labute approximate surface area is 239 Å². The zero-order chi connectivity index (χ0) is 28.7. The van der Waals surface area contributed by atoms with E-state index in [4.69, 9.17) is 9.47 Å². The topological polar surface area (TPSA) is 97.5 Å². The average molecular weight is 565 g/mol. The van der Waals surface area contributed by atoms with E-state index in [0.717, 1.165) is 33.3 Å². The third-order valence-corrected chi connectivity index (χ3v) is 7.99. The maximum absolute atomic E-state index is 13.1. The monoisotopic (exact) mass is 564 g/mol. The number of para-hydroxylation sites is 1. The summed E-state index contributed by atoms with van der Waals surface area (Å²) >= 11 is 0. The molecule has 0 unspecified atom stereocenters. The first kappa shape index (κ1) is 27.7. The lowest BCUT2D eigenvalue weighted by Gasteiger charge is -2.16. The highest BCUT2D eigenvalue weighted by Crippen LogP contribution is 2.21. The van der Waals surface area contributed by atoms with Crippen molar-refractivity contribution in [1.82, 2.24) is 9.71 Å². The van der Waals surface area contributed by atoms with Crippen LogP contribution >= 0.6 is 0 Å². The average Bonchev–Trinajstić information content (AvgIpc) is 3.42. The van der Waals surface area contributed by atoms with Crippen LogP contribution in [-0.2, 0) is 32.6 Å². The van der Waals surface area contributed by atoms with Crippen molar-refractivity contribution in [2.45, 2.75) is 24.0 Å². The first-order valence-electron chi connectivity index (χ1n) is 13.0. The van der Waals surface area contributed by atoms with Crippen LogP contribution in [0.15, 0.2) is 114 Å². The van der Waals surface area contributed by atoms with Crippen molar-refractivity contribution in [3.63, 3.8) is 0 Å². The summed E-state index contributed by atoms with van der Waals surface area (Å²) in [6.45, 7) is 0.485. The number of nitrogens with one attached hydrogen (secondary N) is 2. The number of methoxy groups -OCH3 is 1. The number of esters is 1. The van der Waals surface area contributed by atoms with Crippen molar-refractivity contribution >= 4 is 26.9 Å². The number of ether oxygens (including phenoxy) is 2. The number of hydrogen-bond acceptors (Lipinski definition) is 5. The molecule has 0 spiro atoms. The molecule has 7 nitrogen and oxygen atoms in total. The number of rotatable bonds is 9. The maximum atomic E-state index is 13.1. The van der Waals surface area contributed by atoms with Crippen LogP contribution in [0.2, 0.25) is 0 Å². The second kappa shape index (κ2) is 12.6. The van der Waals surface area contributed by atoms with Crippen molar-refractivity contribution in [3.8, 4) is 17.6 Å². The Morgan fingerprint density at radius 1 is 0.854 bits per heavy atom. The van der Waals surface area contributed by atoms with Gasteiger partial charge in [-0.1, -0.05) is 60.4 Å². The quantitative estimate of drug-likeness (QED) is 0.189. The highest BCUT2D eigenvalue weighted by atomic mass is 32.2. The number of carbonyl (C=O) groups excluding carboxylic acids is 1. The van der Waals surface area contributed by atoms with Crippen molar-refractivity contribution in [1.29, 1.82) is 0 Å². The molecular weight excluding hydrogens is 536 g/mol. The maximum Gasteiger partial charge on any atom is 0.324 e. The number of hydrogen-bond donors (Lipinski definition) is 2. The minimum Gasteiger partial charge on any atom is -0.489 e. The number of carbonyl (C=O) groups is 1.